The van der Waals surface area contributed by atoms with Crippen molar-refractivity contribution < 1.29 is 14.1 Å². The van der Waals surface area contributed by atoms with Crippen LogP contribution in [0.2, 0.25) is 0 Å². The molecule has 8 heteroatoms. The number of nitro groups is 1. The van der Waals surface area contributed by atoms with Gasteiger partial charge in [-0.05, 0) is 24.3 Å². The fraction of sp³-hybridized carbons (Fsp3) is 0.0588. The number of nitrogens with zero attached hydrogens (tertiary/aromatic N) is 4. The van der Waals surface area contributed by atoms with Crippen molar-refractivity contribution >= 4 is 17.3 Å². The Morgan fingerprint density at radius 1 is 1.20 bits per heavy atom. The largest absolute Gasteiger partial charge is 0.311 e. The van der Waals surface area contributed by atoms with Crippen LogP contribution >= 0.6 is 0 Å². The van der Waals surface area contributed by atoms with Crippen LogP contribution in [0.5, 0.6) is 0 Å². The highest BCUT2D eigenvalue weighted by Gasteiger charge is 2.17. The molecule has 0 spiro atoms. The number of carbonyl (C=O) groups excluding carboxylic acids is 1. The number of carbonyl (C=O) groups is 1. The maximum atomic E-state index is 13.8. The summed E-state index contributed by atoms with van der Waals surface area (Å²) in [7, 11) is 1.55. The monoisotopic (exact) mass is 340 g/mol. The van der Waals surface area contributed by atoms with E-state index in [1.165, 1.54) is 52.3 Å². The predicted molar refractivity (Wildman–Crippen MR) is 89.4 cm³/mol. The normalized spacial score (nSPS) is 10.5. The van der Waals surface area contributed by atoms with Crippen LogP contribution in [0.4, 0.5) is 15.8 Å². The smallest absolute Gasteiger partial charge is 0.269 e. The van der Waals surface area contributed by atoms with Gasteiger partial charge in [0.25, 0.3) is 11.6 Å². The summed E-state index contributed by atoms with van der Waals surface area (Å²) in [5, 5.41) is 14.7. The minimum absolute atomic E-state index is 0.0584. The molecule has 0 unspecified atom stereocenters. The van der Waals surface area contributed by atoms with E-state index in [-0.39, 0.29) is 22.8 Å². The summed E-state index contributed by atoms with van der Waals surface area (Å²) in [5.41, 5.74) is 0.940. The second kappa shape index (κ2) is 6.52. The maximum Gasteiger partial charge on any atom is 0.269 e. The highest BCUT2D eigenvalue weighted by Crippen LogP contribution is 2.20. The quantitative estimate of drug-likeness (QED) is 0.539. The molecule has 1 aromatic heterocycles. The van der Waals surface area contributed by atoms with Crippen molar-refractivity contribution in [3.63, 3.8) is 0 Å². The molecule has 0 aliphatic heterocycles. The molecule has 3 rings (SSSR count). The number of hydrogen-bond acceptors (Lipinski definition) is 4. The molecule has 0 aliphatic rings. The van der Waals surface area contributed by atoms with Gasteiger partial charge in [-0.2, -0.15) is 5.10 Å². The van der Waals surface area contributed by atoms with E-state index in [0.29, 0.717) is 5.69 Å². The molecule has 126 valence electrons. The highest BCUT2D eigenvalue weighted by molar-refractivity contribution is 6.05. The average molecular weight is 340 g/mol. The van der Waals surface area contributed by atoms with Gasteiger partial charge in [-0.1, -0.05) is 12.1 Å². The Labute approximate surface area is 142 Å². The third-order valence-corrected chi connectivity index (χ3v) is 3.68. The van der Waals surface area contributed by atoms with E-state index in [1.54, 1.807) is 25.2 Å². The van der Waals surface area contributed by atoms with Crippen molar-refractivity contribution in [3.05, 3.63) is 82.4 Å². The molecule has 0 saturated heterocycles. The average Bonchev–Trinajstić information content (AvgIpc) is 3.10. The maximum absolute atomic E-state index is 13.8. The fourth-order valence-electron chi connectivity index (χ4n) is 2.31. The molecule has 0 saturated carbocycles. The van der Waals surface area contributed by atoms with E-state index in [2.05, 4.69) is 5.10 Å². The molecule has 0 fully saturated rings. The Bertz CT molecular complexity index is 937. The second-order valence-corrected chi connectivity index (χ2v) is 5.26. The van der Waals surface area contributed by atoms with Gasteiger partial charge in [0, 0.05) is 31.1 Å². The molecule has 2 aromatic carbocycles. The summed E-state index contributed by atoms with van der Waals surface area (Å²) in [5.74, 6) is -0.815. The van der Waals surface area contributed by atoms with Crippen molar-refractivity contribution in [2.45, 2.75) is 0 Å². The van der Waals surface area contributed by atoms with Gasteiger partial charge < -0.3 is 4.90 Å². The van der Waals surface area contributed by atoms with Crippen LogP contribution in [0.15, 0.2) is 60.9 Å². The molecule has 7 nitrogen and oxygen atoms in total. The number of halogens is 1. The van der Waals surface area contributed by atoms with Gasteiger partial charge in [0.15, 0.2) is 0 Å². The van der Waals surface area contributed by atoms with E-state index in [9.17, 15) is 19.3 Å². The Kier molecular flexibility index (Phi) is 4.25. The summed E-state index contributed by atoms with van der Waals surface area (Å²) in [6.07, 6.45) is 2.78. The van der Waals surface area contributed by atoms with Crippen molar-refractivity contribution in [1.29, 1.82) is 0 Å². The number of rotatable bonds is 4. The van der Waals surface area contributed by atoms with E-state index >= 15 is 0 Å². The highest BCUT2D eigenvalue weighted by atomic mass is 19.1. The number of nitro benzene ring substituents is 1. The minimum Gasteiger partial charge on any atom is -0.311 e. The molecule has 0 bridgehead atoms. The molecule has 0 radical (unpaired) electrons. The molecule has 0 N–H and O–H groups in total. The van der Waals surface area contributed by atoms with E-state index in [0.717, 1.165) is 0 Å². The number of anilines is 1. The third kappa shape index (κ3) is 3.23. The number of non-ortho nitro benzene ring substituents is 1. The first-order valence-electron chi connectivity index (χ1n) is 7.29. The third-order valence-electron chi connectivity index (χ3n) is 3.68. The standard InChI is InChI=1S/C17H13FN4O3/c1-20(13-6-8-14(9-7-13)22(24)25)17(23)12-10-19-21(11-12)16-5-3-2-4-15(16)18/h2-11H,1H3. The second-order valence-electron chi connectivity index (χ2n) is 5.26. The molecule has 0 aliphatic carbocycles. The summed E-state index contributed by atoms with van der Waals surface area (Å²) in [6.45, 7) is 0. The van der Waals surface area contributed by atoms with Gasteiger partial charge >= 0.3 is 0 Å². The lowest BCUT2D eigenvalue weighted by Crippen LogP contribution is -2.25. The van der Waals surface area contributed by atoms with Crippen LogP contribution in [-0.4, -0.2) is 27.7 Å². The van der Waals surface area contributed by atoms with Gasteiger partial charge in [0.1, 0.15) is 11.5 Å². The lowest BCUT2D eigenvalue weighted by atomic mass is 10.2. The van der Waals surface area contributed by atoms with Crippen LogP contribution < -0.4 is 4.90 Å². The number of benzene rings is 2. The van der Waals surface area contributed by atoms with Crippen molar-refractivity contribution in [1.82, 2.24) is 9.78 Å². The van der Waals surface area contributed by atoms with Gasteiger partial charge in [-0.15, -0.1) is 0 Å². The van der Waals surface area contributed by atoms with Gasteiger partial charge in [-0.25, -0.2) is 9.07 Å². The summed E-state index contributed by atoms with van der Waals surface area (Å²) < 4.78 is 15.1. The van der Waals surface area contributed by atoms with Crippen molar-refractivity contribution in [3.8, 4) is 5.69 Å². The molecular formula is C17H13FN4O3. The first kappa shape index (κ1) is 16.3. The number of amides is 1. The zero-order chi connectivity index (χ0) is 18.0. The summed E-state index contributed by atoms with van der Waals surface area (Å²) in [6, 6.07) is 11.7. The van der Waals surface area contributed by atoms with Crippen molar-refractivity contribution in [2.24, 2.45) is 0 Å². The first-order valence-corrected chi connectivity index (χ1v) is 7.29. The lowest BCUT2D eigenvalue weighted by molar-refractivity contribution is -0.384. The summed E-state index contributed by atoms with van der Waals surface area (Å²) >= 11 is 0. The Hall–Kier alpha value is -3.55. The number of aromatic nitrogens is 2. The zero-order valence-corrected chi connectivity index (χ0v) is 13.2. The molecule has 1 heterocycles. The van der Waals surface area contributed by atoms with Crippen LogP contribution in [-0.2, 0) is 0 Å². The summed E-state index contributed by atoms with van der Waals surface area (Å²) in [4.78, 5) is 24.1. The number of para-hydroxylation sites is 1. The minimum atomic E-state index is -0.510. The first-order chi connectivity index (χ1) is 12.0. The topological polar surface area (TPSA) is 81.3 Å². The van der Waals surface area contributed by atoms with Crippen molar-refractivity contribution in [2.75, 3.05) is 11.9 Å². The van der Waals surface area contributed by atoms with Gasteiger partial charge in [0.05, 0.1) is 16.7 Å². The molecule has 25 heavy (non-hydrogen) atoms. The predicted octanol–water partition coefficient (Wildman–Crippen LogP) is 3.20. The van der Waals surface area contributed by atoms with Crippen LogP contribution in [0.25, 0.3) is 5.69 Å². The van der Waals surface area contributed by atoms with Gasteiger partial charge in [-0.3, -0.25) is 14.9 Å². The van der Waals surface area contributed by atoms with Crippen LogP contribution in [0, 0.1) is 15.9 Å². The molecule has 3 aromatic rings. The van der Waals surface area contributed by atoms with E-state index in [1.807, 2.05) is 0 Å². The lowest BCUT2D eigenvalue weighted by Gasteiger charge is -2.16. The SMILES string of the molecule is CN(C(=O)c1cnn(-c2ccccc2F)c1)c1ccc([N+](=O)[O-])cc1. The number of hydrogen-bond donors (Lipinski definition) is 0. The van der Waals surface area contributed by atoms with Crippen LogP contribution in [0.1, 0.15) is 10.4 Å². The van der Waals surface area contributed by atoms with Crippen LogP contribution in [0.3, 0.4) is 0 Å². The fourth-order valence-corrected chi connectivity index (χ4v) is 2.31. The van der Waals surface area contributed by atoms with E-state index < -0.39 is 10.7 Å². The Morgan fingerprint density at radius 3 is 2.52 bits per heavy atom. The van der Waals surface area contributed by atoms with E-state index in [4.69, 9.17) is 0 Å². The zero-order valence-electron chi connectivity index (χ0n) is 13.2. The Balaban J connectivity index is 1.83. The van der Waals surface area contributed by atoms with Gasteiger partial charge in [0.2, 0.25) is 0 Å². The molecular weight excluding hydrogens is 327 g/mol. The molecule has 0 atom stereocenters. The Morgan fingerprint density at radius 2 is 1.88 bits per heavy atom. The molecule has 1 amide bonds.